The van der Waals surface area contributed by atoms with Gasteiger partial charge in [-0.05, 0) is 32.2 Å². The van der Waals surface area contributed by atoms with E-state index in [1.165, 1.54) is 12.0 Å². The van der Waals surface area contributed by atoms with Crippen LogP contribution in [0.25, 0.3) is 0 Å². The third-order valence-corrected chi connectivity index (χ3v) is 5.77. The van der Waals surface area contributed by atoms with Crippen molar-refractivity contribution in [2.75, 3.05) is 13.1 Å². The zero-order chi connectivity index (χ0) is 15.1. The molecule has 0 saturated carbocycles. The van der Waals surface area contributed by atoms with Gasteiger partial charge in [0.15, 0.2) is 0 Å². The first kappa shape index (κ1) is 14.4. The summed E-state index contributed by atoms with van der Waals surface area (Å²) in [4.78, 5) is 7.10. The molecule has 2 aliphatic heterocycles. The zero-order valence-corrected chi connectivity index (χ0v) is 13.9. The predicted octanol–water partition coefficient (Wildman–Crippen LogP) is 2.54. The van der Waals surface area contributed by atoms with Crippen LogP contribution in [0.1, 0.15) is 35.2 Å². The second-order valence-corrected chi connectivity index (χ2v) is 7.42. The Morgan fingerprint density at radius 2 is 2.36 bits per heavy atom. The molecule has 5 nitrogen and oxygen atoms in total. The largest absolute Gasteiger partial charge is 0.366 e. The first-order valence-corrected chi connectivity index (χ1v) is 8.82. The average Bonchev–Trinajstić information content (AvgIpc) is 3.18. The van der Waals surface area contributed by atoms with E-state index in [1.807, 2.05) is 17.9 Å². The minimum absolute atomic E-state index is 0.215. The van der Waals surface area contributed by atoms with Gasteiger partial charge < -0.3 is 4.74 Å². The van der Waals surface area contributed by atoms with E-state index in [0.717, 1.165) is 36.8 Å². The van der Waals surface area contributed by atoms with E-state index >= 15 is 0 Å². The number of aryl methyl sites for hydroxylation is 2. The molecule has 2 saturated heterocycles. The number of hydrogen-bond acceptors (Lipinski definition) is 5. The number of ether oxygens (including phenoxy) is 1. The first-order valence-electron chi connectivity index (χ1n) is 7.95. The SMILES string of the molecule is Cc1csc([C@@H]2C[C@@H]3CCN(Cc4cnn(C)c4)C[C@H]3O2)n1. The second-order valence-electron chi connectivity index (χ2n) is 6.53. The van der Waals surface area contributed by atoms with Crippen molar-refractivity contribution in [2.24, 2.45) is 13.0 Å². The number of piperidine rings is 1. The highest BCUT2D eigenvalue weighted by molar-refractivity contribution is 7.09. The van der Waals surface area contributed by atoms with Crippen LogP contribution in [-0.4, -0.2) is 38.9 Å². The summed E-state index contributed by atoms with van der Waals surface area (Å²) in [7, 11) is 1.97. The van der Waals surface area contributed by atoms with Crippen LogP contribution in [0.3, 0.4) is 0 Å². The highest BCUT2D eigenvalue weighted by Gasteiger charge is 2.40. The molecule has 0 radical (unpaired) electrons. The Labute approximate surface area is 134 Å². The van der Waals surface area contributed by atoms with E-state index in [1.54, 1.807) is 11.3 Å². The number of rotatable bonds is 3. The maximum Gasteiger partial charge on any atom is 0.122 e. The van der Waals surface area contributed by atoms with Crippen molar-refractivity contribution in [3.63, 3.8) is 0 Å². The average molecular weight is 318 g/mol. The Hall–Kier alpha value is -1.24. The summed E-state index contributed by atoms with van der Waals surface area (Å²) in [6.45, 7) is 5.21. The molecule has 22 heavy (non-hydrogen) atoms. The Balaban J connectivity index is 1.39. The van der Waals surface area contributed by atoms with Gasteiger partial charge in [-0.1, -0.05) is 0 Å². The molecular weight excluding hydrogens is 296 g/mol. The first-order chi connectivity index (χ1) is 10.7. The van der Waals surface area contributed by atoms with Gasteiger partial charge in [-0.2, -0.15) is 5.10 Å². The molecular formula is C16H22N4OS. The van der Waals surface area contributed by atoms with Crippen molar-refractivity contribution < 1.29 is 4.74 Å². The molecule has 118 valence electrons. The maximum atomic E-state index is 6.32. The lowest BCUT2D eigenvalue weighted by Crippen LogP contribution is -2.41. The fraction of sp³-hybridized carbons (Fsp3) is 0.625. The molecule has 0 N–H and O–H groups in total. The molecule has 0 bridgehead atoms. The molecule has 3 atom stereocenters. The number of fused-ring (bicyclic) bond motifs is 1. The van der Waals surface area contributed by atoms with Gasteiger partial charge in [0.25, 0.3) is 0 Å². The molecule has 2 aromatic rings. The van der Waals surface area contributed by atoms with E-state index in [4.69, 9.17) is 4.74 Å². The quantitative estimate of drug-likeness (QED) is 0.872. The van der Waals surface area contributed by atoms with Crippen LogP contribution in [0.4, 0.5) is 0 Å². The lowest BCUT2D eigenvalue weighted by molar-refractivity contribution is -0.00942. The zero-order valence-electron chi connectivity index (χ0n) is 13.1. The van der Waals surface area contributed by atoms with E-state index < -0.39 is 0 Å². The van der Waals surface area contributed by atoms with E-state index in [-0.39, 0.29) is 6.10 Å². The normalized spacial score (nSPS) is 28.9. The minimum atomic E-state index is 0.215. The van der Waals surface area contributed by atoms with Gasteiger partial charge in [-0.25, -0.2) is 4.98 Å². The van der Waals surface area contributed by atoms with Crippen molar-refractivity contribution in [3.8, 4) is 0 Å². The lowest BCUT2D eigenvalue weighted by atomic mass is 9.92. The molecule has 0 aromatic carbocycles. The summed E-state index contributed by atoms with van der Waals surface area (Å²) in [5.41, 5.74) is 2.39. The van der Waals surface area contributed by atoms with Gasteiger partial charge in [-0.15, -0.1) is 11.3 Å². The summed E-state index contributed by atoms with van der Waals surface area (Å²) < 4.78 is 8.19. The van der Waals surface area contributed by atoms with Crippen LogP contribution in [-0.2, 0) is 18.3 Å². The lowest BCUT2D eigenvalue weighted by Gasteiger charge is -2.33. The molecule has 0 aliphatic carbocycles. The van der Waals surface area contributed by atoms with Gasteiger partial charge >= 0.3 is 0 Å². The van der Waals surface area contributed by atoms with Crippen molar-refractivity contribution in [3.05, 3.63) is 34.0 Å². The van der Waals surface area contributed by atoms with Crippen molar-refractivity contribution in [2.45, 2.75) is 38.5 Å². The Morgan fingerprint density at radius 1 is 1.45 bits per heavy atom. The summed E-state index contributed by atoms with van der Waals surface area (Å²) in [5.74, 6) is 0.694. The smallest absolute Gasteiger partial charge is 0.122 e. The van der Waals surface area contributed by atoms with Crippen molar-refractivity contribution >= 4 is 11.3 Å². The molecule has 0 unspecified atom stereocenters. The molecule has 2 aromatic heterocycles. The summed E-state index contributed by atoms with van der Waals surface area (Å²) in [5, 5.41) is 7.53. The van der Waals surface area contributed by atoms with Crippen LogP contribution in [0.5, 0.6) is 0 Å². The van der Waals surface area contributed by atoms with E-state index in [0.29, 0.717) is 12.0 Å². The van der Waals surface area contributed by atoms with Crippen molar-refractivity contribution in [1.82, 2.24) is 19.7 Å². The minimum Gasteiger partial charge on any atom is -0.366 e. The molecule has 6 heteroatoms. The fourth-order valence-electron chi connectivity index (χ4n) is 3.63. The Kier molecular flexibility index (Phi) is 3.76. The van der Waals surface area contributed by atoms with Gasteiger partial charge in [0.2, 0.25) is 0 Å². The molecule has 0 spiro atoms. The number of likely N-dealkylation sites (tertiary alicyclic amines) is 1. The number of nitrogens with zero attached hydrogens (tertiary/aromatic N) is 4. The van der Waals surface area contributed by atoms with Crippen LogP contribution in [0.15, 0.2) is 17.8 Å². The molecule has 4 heterocycles. The highest BCUT2D eigenvalue weighted by atomic mass is 32.1. The fourth-order valence-corrected chi connectivity index (χ4v) is 4.47. The highest BCUT2D eigenvalue weighted by Crippen LogP contribution is 2.41. The monoisotopic (exact) mass is 318 g/mol. The number of hydrogen-bond donors (Lipinski definition) is 0. The van der Waals surface area contributed by atoms with Gasteiger partial charge in [0.1, 0.15) is 11.1 Å². The summed E-state index contributed by atoms with van der Waals surface area (Å²) in [6.07, 6.45) is 7.00. The number of aromatic nitrogens is 3. The van der Waals surface area contributed by atoms with Gasteiger partial charge in [0, 0.05) is 43.0 Å². The predicted molar refractivity (Wildman–Crippen MR) is 85.7 cm³/mol. The Bertz CT molecular complexity index is 652. The third kappa shape index (κ3) is 2.83. The van der Waals surface area contributed by atoms with Gasteiger partial charge in [0.05, 0.1) is 12.3 Å². The van der Waals surface area contributed by atoms with Crippen molar-refractivity contribution in [1.29, 1.82) is 0 Å². The van der Waals surface area contributed by atoms with Crippen LogP contribution in [0, 0.1) is 12.8 Å². The molecule has 0 amide bonds. The molecule has 2 fully saturated rings. The van der Waals surface area contributed by atoms with Crippen LogP contribution >= 0.6 is 11.3 Å². The van der Waals surface area contributed by atoms with Crippen LogP contribution < -0.4 is 0 Å². The summed E-state index contributed by atoms with van der Waals surface area (Å²) in [6, 6.07) is 0. The molecule has 4 rings (SSSR count). The Morgan fingerprint density at radius 3 is 3.09 bits per heavy atom. The standard InChI is InChI=1S/C16H22N4OS/c1-11-10-22-16(18-11)14-5-13-3-4-20(9-15(13)21-14)8-12-6-17-19(2)7-12/h6-7,10,13-15H,3-5,8-9H2,1-2H3/t13-,14-,15+/m0/s1. The number of thiazole rings is 1. The van der Waals surface area contributed by atoms with Gasteiger partial charge in [-0.3, -0.25) is 9.58 Å². The molecule has 2 aliphatic rings. The van der Waals surface area contributed by atoms with E-state index in [2.05, 4.69) is 33.5 Å². The van der Waals surface area contributed by atoms with Crippen LogP contribution in [0.2, 0.25) is 0 Å². The third-order valence-electron chi connectivity index (χ3n) is 4.71. The topological polar surface area (TPSA) is 43.2 Å². The second kappa shape index (κ2) is 5.76. The summed E-state index contributed by atoms with van der Waals surface area (Å²) >= 11 is 1.74. The maximum absolute atomic E-state index is 6.32. The van der Waals surface area contributed by atoms with E-state index in [9.17, 15) is 0 Å².